The van der Waals surface area contributed by atoms with Gasteiger partial charge in [-0.1, -0.05) is 0 Å². The number of likely N-dealkylation sites (tertiary alicyclic amines) is 1. The standard InChI is InChI=1S/C19H26N2O3/c1-13-11-17(3-4-18(13)14(2)22)20-19(23)21-8-5-16(12-21)15-6-9-24-10-7-15/h3-4,11,15-16H,5-10,12H2,1-2H3,(H,20,23)/t16-/m1/s1. The van der Waals surface area contributed by atoms with E-state index in [-0.39, 0.29) is 11.8 Å². The van der Waals surface area contributed by atoms with E-state index in [1.165, 1.54) is 0 Å². The molecular weight excluding hydrogens is 304 g/mol. The molecule has 2 saturated heterocycles. The van der Waals surface area contributed by atoms with Gasteiger partial charge in [-0.2, -0.15) is 0 Å². The first-order valence-electron chi connectivity index (χ1n) is 8.80. The number of aryl methyl sites for hydroxylation is 1. The monoisotopic (exact) mass is 330 g/mol. The van der Waals surface area contributed by atoms with Crippen molar-refractivity contribution < 1.29 is 14.3 Å². The van der Waals surface area contributed by atoms with Gasteiger partial charge < -0.3 is 15.0 Å². The SMILES string of the molecule is CC(=O)c1ccc(NC(=O)N2CC[C@@H](C3CCOCC3)C2)cc1C. The van der Waals surface area contributed by atoms with Gasteiger partial charge in [-0.25, -0.2) is 4.79 Å². The predicted molar refractivity (Wildman–Crippen MR) is 93.4 cm³/mol. The van der Waals surface area contributed by atoms with Crippen molar-refractivity contribution in [1.82, 2.24) is 4.90 Å². The first kappa shape index (κ1) is 17.0. The van der Waals surface area contributed by atoms with E-state index in [2.05, 4.69) is 5.32 Å². The Kier molecular flexibility index (Phi) is 5.19. The van der Waals surface area contributed by atoms with Gasteiger partial charge in [0.25, 0.3) is 0 Å². The Bertz CT molecular complexity index is 623. The summed E-state index contributed by atoms with van der Waals surface area (Å²) in [6.45, 7) is 6.81. The fraction of sp³-hybridized carbons (Fsp3) is 0.579. The molecule has 0 spiro atoms. The Hall–Kier alpha value is -1.88. The van der Waals surface area contributed by atoms with Gasteiger partial charge in [-0.3, -0.25) is 4.79 Å². The quantitative estimate of drug-likeness (QED) is 0.863. The number of hydrogen-bond acceptors (Lipinski definition) is 3. The normalized spacial score (nSPS) is 21.8. The van der Waals surface area contributed by atoms with Gasteiger partial charge >= 0.3 is 6.03 Å². The van der Waals surface area contributed by atoms with Gasteiger partial charge in [0, 0.05) is 37.6 Å². The molecule has 1 atom stereocenters. The molecule has 2 heterocycles. The number of benzene rings is 1. The van der Waals surface area contributed by atoms with Gasteiger partial charge in [0.1, 0.15) is 0 Å². The van der Waals surface area contributed by atoms with Crippen LogP contribution < -0.4 is 5.32 Å². The van der Waals surface area contributed by atoms with Crippen LogP contribution in [-0.4, -0.2) is 43.0 Å². The second-order valence-corrected chi connectivity index (χ2v) is 6.96. The van der Waals surface area contributed by atoms with Crippen LogP contribution in [0.2, 0.25) is 0 Å². The summed E-state index contributed by atoms with van der Waals surface area (Å²) in [7, 11) is 0. The highest BCUT2D eigenvalue weighted by atomic mass is 16.5. The second kappa shape index (κ2) is 7.34. The number of nitrogens with one attached hydrogen (secondary N) is 1. The molecule has 130 valence electrons. The molecule has 1 aromatic rings. The maximum absolute atomic E-state index is 12.5. The summed E-state index contributed by atoms with van der Waals surface area (Å²) in [4.78, 5) is 25.9. The molecule has 2 amide bonds. The largest absolute Gasteiger partial charge is 0.381 e. The van der Waals surface area contributed by atoms with Crippen molar-refractivity contribution in [1.29, 1.82) is 0 Å². The third-order valence-corrected chi connectivity index (χ3v) is 5.30. The summed E-state index contributed by atoms with van der Waals surface area (Å²) in [5.74, 6) is 1.33. The Labute approximate surface area is 143 Å². The Morgan fingerprint density at radius 3 is 2.58 bits per heavy atom. The lowest BCUT2D eigenvalue weighted by Crippen LogP contribution is -2.34. The molecule has 2 aliphatic rings. The Morgan fingerprint density at radius 1 is 1.17 bits per heavy atom. The molecule has 0 bridgehead atoms. The van der Waals surface area contributed by atoms with Crippen LogP contribution >= 0.6 is 0 Å². The van der Waals surface area contributed by atoms with Crippen LogP contribution in [0.4, 0.5) is 10.5 Å². The van der Waals surface area contributed by atoms with Crippen molar-refractivity contribution in [3.8, 4) is 0 Å². The van der Waals surface area contributed by atoms with Crippen molar-refractivity contribution >= 4 is 17.5 Å². The third kappa shape index (κ3) is 3.78. The fourth-order valence-electron chi connectivity index (χ4n) is 3.88. The lowest BCUT2D eigenvalue weighted by molar-refractivity contribution is 0.0485. The topological polar surface area (TPSA) is 58.6 Å². The lowest BCUT2D eigenvalue weighted by atomic mass is 9.85. The van der Waals surface area contributed by atoms with E-state index in [0.29, 0.717) is 17.4 Å². The Balaban J connectivity index is 1.57. The van der Waals surface area contributed by atoms with Crippen molar-refractivity contribution in [2.24, 2.45) is 11.8 Å². The molecule has 0 aliphatic carbocycles. The van der Waals surface area contributed by atoms with E-state index in [1.807, 2.05) is 17.9 Å². The van der Waals surface area contributed by atoms with Crippen LogP contribution in [0.5, 0.6) is 0 Å². The molecular formula is C19H26N2O3. The van der Waals surface area contributed by atoms with Crippen LogP contribution in [0.3, 0.4) is 0 Å². The van der Waals surface area contributed by atoms with Gasteiger partial charge in [0.05, 0.1) is 0 Å². The number of amides is 2. The number of urea groups is 1. The summed E-state index contributed by atoms with van der Waals surface area (Å²) in [5.41, 5.74) is 2.34. The number of rotatable bonds is 3. The lowest BCUT2D eigenvalue weighted by Gasteiger charge is -2.27. The molecule has 2 aliphatic heterocycles. The van der Waals surface area contributed by atoms with Gasteiger partial charge in [-0.15, -0.1) is 0 Å². The minimum atomic E-state index is -0.0421. The van der Waals surface area contributed by atoms with E-state index < -0.39 is 0 Å². The number of anilines is 1. The van der Waals surface area contributed by atoms with Crippen molar-refractivity contribution in [2.45, 2.75) is 33.1 Å². The zero-order valence-electron chi connectivity index (χ0n) is 14.5. The highest BCUT2D eigenvalue weighted by Crippen LogP contribution is 2.31. The minimum absolute atomic E-state index is 0.0421. The minimum Gasteiger partial charge on any atom is -0.381 e. The molecule has 3 rings (SSSR count). The van der Waals surface area contributed by atoms with Crippen molar-refractivity contribution in [2.75, 3.05) is 31.6 Å². The summed E-state index contributed by atoms with van der Waals surface area (Å²) in [5, 5.41) is 2.97. The third-order valence-electron chi connectivity index (χ3n) is 5.30. The maximum atomic E-state index is 12.5. The summed E-state index contributed by atoms with van der Waals surface area (Å²) in [6, 6.07) is 5.40. The van der Waals surface area contributed by atoms with E-state index >= 15 is 0 Å². The molecule has 0 saturated carbocycles. The molecule has 5 nitrogen and oxygen atoms in total. The molecule has 1 aromatic carbocycles. The van der Waals surface area contributed by atoms with Gasteiger partial charge in [0.2, 0.25) is 0 Å². The molecule has 1 N–H and O–H groups in total. The molecule has 0 aromatic heterocycles. The molecule has 2 fully saturated rings. The van der Waals surface area contributed by atoms with Gasteiger partial charge in [0.15, 0.2) is 5.78 Å². The maximum Gasteiger partial charge on any atom is 0.321 e. The zero-order valence-corrected chi connectivity index (χ0v) is 14.5. The van der Waals surface area contributed by atoms with Crippen LogP contribution in [-0.2, 0) is 4.74 Å². The van der Waals surface area contributed by atoms with Crippen LogP contribution in [0, 0.1) is 18.8 Å². The number of hydrogen-bond donors (Lipinski definition) is 1. The summed E-state index contributed by atoms with van der Waals surface area (Å²) in [6.07, 6.45) is 3.32. The zero-order chi connectivity index (χ0) is 17.1. The van der Waals surface area contributed by atoms with Gasteiger partial charge in [-0.05, 0) is 68.7 Å². The first-order valence-corrected chi connectivity index (χ1v) is 8.80. The van der Waals surface area contributed by atoms with Crippen LogP contribution in [0.15, 0.2) is 18.2 Å². The first-order chi connectivity index (χ1) is 11.5. The number of carbonyl (C=O) groups is 2. The Morgan fingerprint density at radius 2 is 1.92 bits per heavy atom. The molecule has 0 unspecified atom stereocenters. The number of Topliss-reactive ketones (excluding diaryl/α,β-unsaturated/α-hetero) is 1. The molecule has 24 heavy (non-hydrogen) atoms. The summed E-state index contributed by atoms with van der Waals surface area (Å²) < 4.78 is 5.43. The van der Waals surface area contributed by atoms with Crippen LogP contribution in [0.25, 0.3) is 0 Å². The predicted octanol–water partition coefficient (Wildman–Crippen LogP) is 3.48. The number of carbonyl (C=O) groups excluding carboxylic acids is 2. The number of ether oxygens (including phenoxy) is 1. The number of nitrogens with zero attached hydrogens (tertiary/aromatic N) is 1. The van der Waals surface area contributed by atoms with E-state index in [0.717, 1.165) is 56.8 Å². The number of ketones is 1. The smallest absolute Gasteiger partial charge is 0.321 e. The average molecular weight is 330 g/mol. The summed E-state index contributed by atoms with van der Waals surface area (Å²) >= 11 is 0. The van der Waals surface area contributed by atoms with Crippen molar-refractivity contribution in [3.05, 3.63) is 29.3 Å². The average Bonchev–Trinajstić information content (AvgIpc) is 3.05. The molecule has 0 radical (unpaired) electrons. The van der Waals surface area contributed by atoms with Crippen molar-refractivity contribution in [3.63, 3.8) is 0 Å². The van der Waals surface area contributed by atoms with E-state index in [4.69, 9.17) is 4.74 Å². The van der Waals surface area contributed by atoms with Crippen LogP contribution in [0.1, 0.15) is 42.1 Å². The second-order valence-electron chi connectivity index (χ2n) is 6.96. The van der Waals surface area contributed by atoms with E-state index in [1.54, 1.807) is 19.1 Å². The molecule has 5 heteroatoms. The van der Waals surface area contributed by atoms with E-state index in [9.17, 15) is 9.59 Å². The highest BCUT2D eigenvalue weighted by Gasteiger charge is 2.32. The highest BCUT2D eigenvalue weighted by molar-refractivity contribution is 5.97. The fourth-order valence-corrected chi connectivity index (χ4v) is 3.88.